The number of carbonyl (C=O) groups excluding carboxylic acids is 2. The Balaban J connectivity index is 2.33. The number of hydrogen-bond donors (Lipinski definition) is 1. The summed E-state index contributed by atoms with van der Waals surface area (Å²) >= 11 is 0. The van der Waals surface area contributed by atoms with E-state index in [0.29, 0.717) is 6.54 Å². The minimum absolute atomic E-state index is 0.00400. The number of amides is 1. The molecule has 1 fully saturated rings. The number of nitrogens with zero attached hydrogens (tertiary/aromatic N) is 1. The Bertz CT molecular complexity index is 275. The molecule has 0 aromatic rings. The molecule has 0 aliphatic heterocycles. The number of esters is 1. The maximum Gasteiger partial charge on any atom is 0.325 e. The van der Waals surface area contributed by atoms with Gasteiger partial charge in [0, 0.05) is 6.04 Å². The normalized spacial score (nSPS) is 14.8. The van der Waals surface area contributed by atoms with Crippen LogP contribution in [-0.2, 0) is 14.3 Å². The lowest BCUT2D eigenvalue weighted by Gasteiger charge is -2.25. The summed E-state index contributed by atoms with van der Waals surface area (Å²) in [5, 5.41) is 3.13. The Morgan fingerprint density at radius 3 is 2.53 bits per heavy atom. The molecule has 1 aliphatic carbocycles. The molecule has 0 bridgehead atoms. The van der Waals surface area contributed by atoms with Crippen LogP contribution < -0.4 is 5.32 Å². The van der Waals surface area contributed by atoms with Crippen molar-refractivity contribution < 1.29 is 14.3 Å². The van der Waals surface area contributed by atoms with Crippen LogP contribution in [0.25, 0.3) is 0 Å². The van der Waals surface area contributed by atoms with Crippen molar-refractivity contribution in [3.63, 3.8) is 0 Å². The van der Waals surface area contributed by atoms with Gasteiger partial charge >= 0.3 is 5.97 Å². The molecule has 0 atom stereocenters. The van der Waals surface area contributed by atoms with Gasteiger partial charge in [0.15, 0.2) is 0 Å². The van der Waals surface area contributed by atoms with Crippen molar-refractivity contribution in [2.24, 2.45) is 5.92 Å². The zero-order valence-electron chi connectivity index (χ0n) is 10.9. The van der Waals surface area contributed by atoms with Gasteiger partial charge < -0.3 is 15.0 Å². The number of ether oxygens (including phenoxy) is 1. The molecule has 17 heavy (non-hydrogen) atoms. The maximum absolute atomic E-state index is 11.9. The second-order valence-corrected chi connectivity index (χ2v) is 4.77. The minimum atomic E-state index is -0.380. The predicted molar refractivity (Wildman–Crippen MR) is 64.5 cm³/mol. The summed E-state index contributed by atoms with van der Waals surface area (Å²) in [4.78, 5) is 24.6. The maximum atomic E-state index is 11.9. The van der Waals surface area contributed by atoms with Crippen molar-refractivity contribution in [2.45, 2.75) is 32.7 Å². The summed E-state index contributed by atoms with van der Waals surface area (Å²) in [7, 11) is 1.33. The molecule has 0 heterocycles. The SMILES string of the molecule is COC(=O)CN(C(=O)CNCC1CC1)C(C)C. The first kappa shape index (κ1) is 14.0. The lowest BCUT2D eigenvalue weighted by atomic mass is 10.3. The van der Waals surface area contributed by atoms with Crippen LogP contribution in [-0.4, -0.2) is 49.6 Å². The molecular weight excluding hydrogens is 220 g/mol. The highest BCUT2D eigenvalue weighted by Gasteiger charge is 2.23. The molecule has 0 unspecified atom stereocenters. The summed E-state index contributed by atoms with van der Waals surface area (Å²) in [6.07, 6.45) is 2.52. The van der Waals surface area contributed by atoms with Gasteiger partial charge in [0.2, 0.25) is 5.91 Å². The van der Waals surface area contributed by atoms with Gasteiger partial charge in [0.1, 0.15) is 6.54 Å². The molecule has 98 valence electrons. The van der Waals surface area contributed by atoms with Crippen molar-refractivity contribution >= 4 is 11.9 Å². The third-order valence-corrected chi connectivity index (χ3v) is 2.88. The van der Waals surface area contributed by atoms with E-state index in [-0.39, 0.29) is 24.5 Å². The predicted octanol–water partition coefficient (Wildman–Crippen LogP) is 0.396. The van der Waals surface area contributed by atoms with Crippen molar-refractivity contribution in [1.29, 1.82) is 0 Å². The molecular formula is C12H22N2O3. The average molecular weight is 242 g/mol. The first-order valence-corrected chi connectivity index (χ1v) is 6.11. The molecule has 0 saturated heterocycles. The molecule has 5 heteroatoms. The Kier molecular flexibility index (Phi) is 5.41. The van der Waals surface area contributed by atoms with Gasteiger partial charge in [-0.1, -0.05) is 0 Å². The quantitative estimate of drug-likeness (QED) is 0.656. The van der Waals surface area contributed by atoms with Crippen LogP contribution in [0.1, 0.15) is 26.7 Å². The van der Waals surface area contributed by atoms with Gasteiger partial charge in [0.25, 0.3) is 0 Å². The van der Waals surface area contributed by atoms with E-state index in [9.17, 15) is 9.59 Å². The van der Waals surface area contributed by atoms with Gasteiger partial charge in [-0.05, 0) is 39.2 Å². The third kappa shape index (κ3) is 5.17. The zero-order valence-corrected chi connectivity index (χ0v) is 10.9. The van der Waals surface area contributed by atoms with E-state index < -0.39 is 0 Å². The van der Waals surface area contributed by atoms with E-state index in [1.807, 2.05) is 13.8 Å². The molecule has 1 rings (SSSR count). The van der Waals surface area contributed by atoms with Crippen LogP contribution >= 0.6 is 0 Å². The Labute approximate surface area is 102 Å². The van der Waals surface area contributed by atoms with Crippen LogP contribution in [0, 0.1) is 5.92 Å². The standard InChI is InChI=1S/C12H22N2O3/c1-9(2)14(8-12(16)17-3)11(15)7-13-6-10-4-5-10/h9-10,13H,4-8H2,1-3H3. The van der Waals surface area contributed by atoms with Crippen molar-refractivity contribution in [3.05, 3.63) is 0 Å². The highest BCUT2D eigenvalue weighted by Crippen LogP contribution is 2.27. The summed E-state index contributed by atoms with van der Waals surface area (Å²) in [6, 6.07) is 0.00400. The average Bonchev–Trinajstić information content (AvgIpc) is 3.08. The molecule has 1 saturated carbocycles. The number of hydrogen-bond acceptors (Lipinski definition) is 4. The van der Waals surface area contributed by atoms with Crippen molar-refractivity contribution in [1.82, 2.24) is 10.2 Å². The van der Waals surface area contributed by atoms with E-state index in [4.69, 9.17) is 0 Å². The first-order valence-electron chi connectivity index (χ1n) is 6.11. The molecule has 0 radical (unpaired) electrons. The summed E-state index contributed by atoms with van der Waals surface area (Å²) in [6.45, 7) is 5.00. The van der Waals surface area contributed by atoms with Crippen LogP contribution in [0.3, 0.4) is 0 Å². The highest BCUT2D eigenvalue weighted by molar-refractivity contribution is 5.83. The highest BCUT2D eigenvalue weighted by atomic mass is 16.5. The molecule has 0 spiro atoms. The molecule has 5 nitrogen and oxygen atoms in total. The molecule has 1 amide bonds. The Hall–Kier alpha value is -1.10. The number of rotatable bonds is 7. The lowest BCUT2D eigenvalue weighted by molar-refractivity contribution is -0.147. The van der Waals surface area contributed by atoms with E-state index >= 15 is 0 Å². The van der Waals surface area contributed by atoms with Gasteiger partial charge in [-0.3, -0.25) is 9.59 Å². The van der Waals surface area contributed by atoms with Gasteiger partial charge in [-0.2, -0.15) is 0 Å². The lowest BCUT2D eigenvalue weighted by Crippen LogP contribution is -2.45. The second kappa shape index (κ2) is 6.59. The monoisotopic (exact) mass is 242 g/mol. The summed E-state index contributed by atoms with van der Waals surface area (Å²) < 4.78 is 4.58. The van der Waals surface area contributed by atoms with E-state index in [2.05, 4.69) is 10.1 Å². The fraction of sp³-hybridized carbons (Fsp3) is 0.833. The molecule has 1 N–H and O–H groups in total. The number of carbonyl (C=O) groups is 2. The van der Waals surface area contributed by atoms with Crippen molar-refractivity contribution in [3.8, 4) is 0 Å². The second-order valence-electron chi connectivity index (χ2n) is 4.77. The largest absolute Gasteiger partial charge is 0.468 e. The fourth-order valence-electron chi connectivity index (χ4n) is 1.57. The van der Waals surface area contributed by atoms with E-state index in [1.54, 1.807) is 0 Å². The number of nitrogens with one attached hydrogen (secondary N) is 1. The smallest absolute Gasteiger partial charge is 0.325 e. The van der Waals surface area contributed by atoms with Gasteiger partial charge in [-0.15, -0.1) is 0 Å². The Morgan fingerprint density at radius 2 is 2.06 bits per heavy atom. The topological polar surface area (TPSA) is 58.6 Å². The fourth-order valence-corrected chi connectivity index (χ4v) is 1.57. The third-order valence-electron chi connectivity index (χ3n) is 2.88. The molecule has 1 aliphatic rings. The van der Waals surface area contributed by atoms with E-state index in [1.165, 1.54) is 24.9 Å². The minimum Gasteiger partial charge on any atom is -0.468 e. The van der Waals surface area contributed by atoms with Crippen LogP contribution in [0.2, 0.25) is 0 Å². The number of methoxy groups -OCH3 is 1. The first-order chi connectivity index (χ1) is 8.04. The van der Waals surface area contributed by atoms with Crippen LogP contribution in [0.4, 0.5) is 0 Å². The van der Waals surface area contributed by atoms with Gasteiger partial charge in [-0.25, -0.2) is 0 Å². The summed E-state index contributed by atoms with van der Waals surface area (Å²) in [5.74, 6) is 0.316. The zero-order chi connectivity index (χ0) is 12.8. The van der Waals surface area contributed by atoms with Crippen LogP contribution in [0.15, 0.2) is 0 Å². The summed E-state index contributed by atoms with van der Waals surface area (Å²) in [5.41, 5.74) is 0. The van der Waals surface area contributed by atoms with Gasteiger partial charge in [0.05, 0.1) is 13.7 Å². The van der Waals surface area contributed by atoms with E-state index in [0.717, 1.165) is 12.5 Å². The Morgan fingerprint density at radius 1 is 1.41 bits per heavy atom. The van der Waals surface area contributed by atoms with Crippen molar-refractivity contribution in [2.75, 3.05) is 26.7 Å². The molecule has 0 aromatic heterocycles. The van der Waals surface area contributed by atoms with Crippen LogP contribution in [0.5, 0.6) is 0 Å². The molecule has 0 aromatic carbocycles.